The van der Waals surface area contributed by atoms with Crippen LogP contribution in [0.4, 0.5) is 5.69 Å². The van der Waals surface area contributed by atoms with Gasteiger partial charge in [0.25, 0.3) is 5.91 Å². The Balaban J connectivity index is 2.71. The highest BCUT2D eigenvalue weighted by molar-refractivity contribution is 6.01. The summed E-state index contributed by atoms with van der Waals surface area (Å²) in [4.78, 5) is 27.7. The molecule has 0 saturated carbocycles. The van der Waals surface area contributed by atoms with E-state index in [4.69, 9.17) is 0 Å². The van der Waals surface area contributed by atoms with Gasteiger partial charge in [0, 0.05) is 31.2 Å². The summed E-state index contributed by atoms with van der Waals surface area (Å²) in [6.45, 7) is 5.38. The second kappa shape index (κ2) is 6.72. The van der Waals surface area contributed by atoms with Gasteiger partial charge in [-0.15, -0.1) is 0 Å². The van der Waals surface area contributed by atoms with E-state index in [0.29, 0.717) is 11.3 Å². The predicted octanol–water partition coefficient (Wildman–Crippen LogP) is 0.766. The van der Waals surface area contributed by atoms with Gasteiger partial charge >= 0.3 is 0 Å². The molecule has 0 saturated heterocycles. The third-order valence-corrected chi connectivity index (χ3v) is 2.51. The highest BCUT2D eigenvalue weighted by atomic mass is 16.2. The fourth-order valence-corrected chi connectivity index (χ4v) is 1.54. The molecule has 0 aliphatic rings. The van der Waals surface area contributed by atoms with E-state index < -0.39 is 6.04 Å². The molecule has 104 valence electrons. The largest absolute Gasteiger partial charge is 0.387 e. The lowest BCUT2D eigenvalue weighted by atomic mass is 10.2. The number of hydrogen-bond donors (Lipinski definition) is 3. The molecule has 0 bridgehead atoms. The van der Waals surface area contributed by atoms with Crippen molar-refractivity contribution in [1.82, 2.24) is 15.6 Å². The fourth-order valence-electron chi connectivity index (χ4n) is 1.54. The highest BCUT2D eigenvalue weighted by Gasteiger charge is 2.18. The number of nitrogens with one attached hydrogen (secondary N) is 3. The minimum Gasteiger partial charge on any atom is -0.387 e. The summed E-state index contributed by atoms with van der Waals surface area (Å²) in [5, 5.41) is 8.30. The number of pyridine rings is 1. The first-order valence-electron chi connectivity index (χ1n) is 6.18. The second-order valence-electron chi connectivity index (χ2n) is 4.53. The maximum Gasteiger partial charge on any atom is 0.255 e. The average molecular weight is 264 g/mol. The fraction of sp³-hybridized carbons (Fsp3) is 0.462. The summed E-state index contributed by atoms with van der Waals surface area (Å²) in [5.41, 5.74) is 1.08. The van der Waals surface area contributed by atoms with Crippen LogP contribution in [0.5, 0.6) is 0 Å². The van der Waals surface area contributed by atoms with Crippen molar-refractivity contribution in [3.05, 3.63) is 24.0 Å². The van der Waals surface area contributed by atoms with Gasteiger partial charge in [-0.25, -0.2) is 0 Å². The Hall–Kier alpha value is -2.11. The second-order valence-corrected chi connectivity index (χ2v) is 4.53. The molecule has 0 aliphatic carbocycles. The number of nitrogens with zero attached hydrogens (tertiary/aromatic N) is 1. The number of hydrogen-bond acceptors (Lipinski definition) is 4. The van der Waals surface area contributed by atoms with Crippen LogP contribution >= 0.6 is 0 Å². The average Bonchev–Trinajstić information content (AvgIpc) is 2.37. The molecule has 0 radical (unpaired) electrons. The van der Waals surface area contributed by atoms with Gasteiger partial charge in [-0.05, 0) is 26.8 Å². The SMILES string of the molecule is CNc1ccncc1C(=O)NC(C)C(=O)NC(C)C. The molecule has 6 heteroatoms. The van der Waals surface area contributed by atoms with Crippen molar-refractivity contribution in [3.63, 3.8) is 0 Å². The minimum absolute atomic E-state index is 0.0399. The van der Waals surface area contributed by atoms with Crippen molar-refractivity contribution in [2.45, 2.75) is 32.9 Å². The van der Waals surface area contributed by atoms with Gasteiger partial charge in [-0.2, -0.15) is 0 Å². The molecule has 1 heterocycles. The van der Waals surface area contributed by atoms with Crippen LogP contribution in [-0.4, -0.2) is 35.9 Å². The Morgan fingerprint density at radius 2 is 1.89 bits per heavy atom. The van der Waals surface area contributed by atoms with Crippen LogP contribution in [0.15, 0.2) is 18.5 Å². The molecule has 1 atom stereocenters. The molecule has 0 aliphatic heterocycles. The lowest BCUT2D eigenvalue weighted by molar-refractivity contribution is -0.123. The maximum absolute atomic E-state index is 12.1. The molecular formula is C13H20N4O2. The van der Waals surface area contributed by atoms with E-state index >= 15 is 0 Å². The molecule has 1 aromatic rings. The van der Waals surface area contributed by atoms with Crippen molar-refractivity contribution in [1.29, 1.82) is 0 Å². The van der Waals surface area contributed by atoms with Crippen LogP contribution < -0.4 is 16.0 Å². The van der Waals surface area contributed by atoms with Crippen molar-refractivity contribution in [2.24, 2.45) is 0 Å². The summed E-state index contributed by atoms with van der Waals surface area (Å²) in [6, 6.07) is 1.14. The van der Waals surface area contributed by atoms with Crippen LogP contribution in [-0.2, 0) is 4.79 Å². The first kappa shape index (κ1) is 14.9. The van der Waals surface area contributed by atoms with Gasteiger partial charge in [0.05, 0.1) is 5.56 Å². The highest BCUT2D eigenvalue weighted by Crippen LogP contribution is 2.12. The van der Waals surface area contributed by atoms with Gasteiger partial charge < -0.3 is 16.0 Å². The molecule has 1 aromatic heterocycles. The van der Waals surface area contributed by atoms with E-state index in [-0.39, 0.29) is 17.9 Å². The Labute approximate surface area is 113 Å². The van der Waals surface area contributed by atoms with E-state index in [1.54, 1.807) is 26.2 Å². The Morgan fingerprint density at radius 3 is 2.47 bits per heavy atom. The summed E-state index contributed by atoms with van der Waals surface area (Å²) >= 11 is 0. The third kappa shape index (κ3) is 4.24. The van der Waals surface area contributed by atoms with Crippen LogP contribution in [0, 0.1) is 0 Å². The van der Waals surface area contributed by atoms with Crippen molar-refractivity contribution < 1.29 is 9.59 Å². The predicted molar refractivity (Wildman–Crippen MR) is 74.0 cm³/mol. The van der Waals surface area contributed by atoms with Crippen molar-refractivity contribution in [2.75, 3.05) is 12.4 Å². The third-order valence-electron chi connectivity index (χ3n) is 2.51. The number of rotatable bonds is 5. The monoisotopic (exact) mass is 264 g/mol. The van der Waals surface area contributed by atoms with Gasteiger partial charge in [0.15, 0.2) is 0 Å². The number of anilines is 1. The van der Waals surface area contributed by atoms with E-state index in [1.807, 2.05) is 13.8 Å². The normalized spacial score (nSPS) is 11.8. The minimum atomic E-state index is -0.597. The van der Waals surface area contributed by atoms with Crippen LogP contribution in [0.3, 0.4) is 0 Å². The molecule has 1 unspecified atom stereocenters. The van der Waals surface area contributed by atoms with E-state index in [0.717, 1.165) is 0 Å². The van der Waals surface area contributed by atoms with Crippen LogP contribution in [0.1, 0.15) is 31.1 Å². The summed E-state index contributed by atoms with van der Waals surface area (Å²) in [5.74, 6) is -0.540. The molecule has 19 heavy (non-hydrogen) atoms. The number of carbonyl (C=O) groups excluding carboxylic acids is 2. The molecular weight excluding hydrogens is 244 g/mol. The molecule has 6 nitrogen and oxygen atoms in total. The summed E-state index contributed by atoms with van der Waals surface area (Å²) in [7, 11) is 1.72. The first-order chi connectivity index (χ1) is 8.95. The Kier molecular flexibility index (Phi) is 5.29. The van der Waals surface area contributed by atoms with Crippen LogP contribution in [0.25, 0.3) is 0 Å². The zero-order valence-corrected chi connectivity index (χ0v) is 11.7. The van der Waals surface area contributed by atoms with Gasteiger partial charge in [0.1, 0.15) is 6.04 Å². The molecule has 2 amide bonds. The topological polar surface area (TPSA) is 83.1 Å². The molecule has 1 rings (SSSR count). The molecule has 0 fully saturated rings. The Bertz CT molecular complexity index is 460. The van der Waals surface area contributed by atoms with E-state index in [9.17, 15) is 9.59 Å². The number of carbonyl (C=O) groups is 2. The van der Waals surface area contributed by atoms with E-state index in [2.05, 4.69) is 20.9 Å². The van der Waals surface area contributed by atoms with Crippen LogP contribution in [0.2, 0.25) is 0 Å². The van der Waals surface area contributed by atoms with Gasteiger partial charge in [-0.3, -0.25) is 14.6 Å². The Morgan fingerprint density at radius 1 is 1.21 bits per heavy atom. The first-order valence-corrected chi connectivity index (χ1v) is 6.18. The summed E-state index contributed by atoms with van der Waals surface area (Å²) in [6.07, 6.45) is 3.06. The van der Waals surface area contributed by atoms with Crippen molar-refractivity contribution >= 4 is 17.5 Å². The van der Waals surface area contributed by atoms with Crippen molar-refractivity contribution in [3.8, 4) is 0 Å². The molecule has 3 N–H and O–H groups in total. The van der Waals surface area contributed by atoms with Gasteiger partial charge in [0.2, 0.25) is 5.91 Å². The lowest BCUT2D eigenvalue weighted by Crippen LogP contribution is -2.46. The molecule has 0 aromatic carbocycles. The summed E-state index contributed by atoms with van der Waals surface area (Å²) < 4.78 is 0. The zero-order valence-electron chi connectivity index (χ0n) is 11.7. The number of amides is 2. The smallest absolute Gasteiger partial charge is 0.255 e. The lowest BCUT2D eigenvalue weighted by Gasteiger charge is -2.16. The zero-order chi connectivity index (χ0) is 14.4. The number of aromatic nitrogens is 1. The maximum atomic E-state index is 12.1. The standard InChI is InChI=1S/C13H20N4O2/c1-8(2)16-12(18)9(3)17-13(19)10-7-15-6-5-11(10)14-4/h5-9H,1-4H3,(H,14,15)(H,16,18)(H,17,19). The van der Waals surface area contributed by atoms with Gasteiger partial charge in [-0.1, -0.05) is 0 Å². The van der Waals surface area contributed by atoms with E-state index in [1.165, 1.54) is 6.20 Å². The molecule has 0 spiro atoms. The quantitative estimate of drug-likeness (QED) is 0.733.